The van der Waals surface area contributed by atoms with Crippen molar-refractivity contribution in [1.82, 2.24) is 15.5 Å². The lowest BCUT2D eigenvalue weighted by Gasteiger charge is -2.06. The van der Waals surface area contributed by atoms with Crippen molar-refractivity contribution in [2.45, 2.75) is 6.42 Å². The summed E-state index contributed by atoms with van der Waals surface area (Å²) in [6, 6.07) is 9.68. The van der Waals surface area contributed by atoms with Crippen LogP contribution in [0.3, 0.4) is 0 Å². The van der Waals surface area contributed by atoms with Gasteiger partial charge in [-0.3, -0.25) is 4.79 Å². The van der Waals surface area contributed by atoms with Gasteiger partial charge in [0.05, 0.1) is 10.6 Å². The van der Waals surface area contributed by atoms with E-state index in [1.54, 1.807) is 0 Å². The molecule has 8 heteroatoms. The Morgan fingerprint density at radius 3 is 2.64 bits per heavy atom. The van der Waals surface area contributed by atoms with Crippen LogP contribution >= 0.6 is 11.6 Å². The van der Waals surface area contributed by atoms with Gasteiger partial charge in [-0.15, -0.1) is 0 Å². The van der Waals surface area contributed by atoms with Crippen LogP contribution in [0.25, 0.3) is 11.4 Å². The fourth-order valence-corrected chi connectivity index (χ4v) is 2.41. The third-order valence-electron chi connectivity index (χ3n) is 3.38. The first-order chi connectivity index (χ1) is 12.0. The highest BCUT2D eigenvalue weighted by Crippen LogP contribution is 2.19. The molecule has 0 saturated heterocycles. The van der Waals surface area contributed by atoms with Gasteiger partial charge >= 0.3 is 0 Å². The molecule has 0 atom stereocenters. The van der Waals surface area contributed by atoms with Gasteiger partial charge in [-0.25, -0.2) is 8.78 Å². The van der Waals surface area contributed by atoms with E-state index in [0.717, 1.165) is 6.07 Å². The summed E-state index contributed by atoms with van der Waals surface area (Å²) in [4.78, 5) is 16.2. The highest BCUT2D eigenvalue weighted by molar-refractivity contribution is 6.33. The Hall–Kier alpha value is -2.80. The summed E-state index contributed by atoms with van der Waals surface area (Å²) in [7, 11) is 0. The molecule has 1 heterocycles. The van der Waals surface area contributed by atoms with Crippen LogP contribution in [0.15, 0.2) is 47.0 Å². The molecule has 128 valence electrons. The van der Waals surface area contributed by atoms with E-state index in [2.05, 4.69) is 15.5 Å². The molecular formula is C17H12ClF2N3O2. The minimum Gasteiger partial charge on any atom is -0.351 e. The molecule has 3 rings (SSSR count). The van der Waals surface area contributed by atoms with Crippen molar-refractivity contribution in [2.24, 2.45) is 0 Å². The lowest BCUT2D eigenvalue weighted by Crippen LogP contribution is -2.27. The number of benzene rings is 2. The van der Waals surface area contributed by atoms with Gasteiger partial charge in [0.25, 0.3) is 5.91 Å². The van der Waals surface area contributed by atoms with Crippen molar-refractivity contribution in [3.8, 4) is 11.4 Å². The Labute approximate surface area is 146 Å². The average molecular weight is 364 g/mol. The van der Waals surface area contributed by atoms with Gasteiger partial charge in [-0.05, 0) is 36.4 Å². The van der Waals surface area contributed by atoms with Crippen molar-refractivity contribution < 1.29 is 18.1 Å². The standard InChI is InChI=1S/C17H12ClF2N3O2/c18-12-2-1-3-13(20)15(12)17(24)21-9-8-14-22-16(23-25-14)10-4-6-11(19)7-5-10/h1-7H,8-9H2,(H,21,24). The Morgan fingerprint density at radius 2 is 1.92 bits per heavy atom. The van der Waals surface area contributed by atoms with Gasteiger partial charge in [0.15, 0.2) is 0 Å². The second-order valence-corrected chi connectivity index (χ2v) is 5.53. The van der Waals surface area contributed by atoms with Gasteiger partial charge in [-0.1, -0.05) is 22.8 Å². The Kier molecular flexibility index (Phi) is 5.04. The molecular weight excluding hydrogens is 352 g/mol. The lowest BCUT2D eigenvalue weighted by molar-refractivity contribution is 0.0949. The monoisotopic (exact) mass is 363 g/mol. The number of rotatable bonds is 5. The first kappa shape index (κ1) is 17.0. The summed E-state index contributed by atoms with van der Waals surface area (Å²) in [5.41, 5.74) is 0.403. The normalized spacial score (nSPS) is 10.7. The second kappa shape index (κ2) is 7.40. The van der Waals surface area contributed by atoms with Crippen LogP contribution in [0, 0.1) is 11.6 Å². The summed E-state index contributed by atoms with van der Waals surface area (Å²) in [6.07, 6.45) is 0.256. The maximum atomic E-state index is 13.7. The maximum Gasteiger partial charge on any atom is 0.255 e. The minimum absolute atomic E-state index is 0.0360. The molecule has 0 saturated carbocycles. The molecule has 5 nitrogen and oxygen atoms in total. The van der Waals surface area contributed by atoms with Crippen LogP contribution in [-0.4, -0.2) is 22.6 Å². The number of halogens is 3. The molecule has 25 heavy (non-hydrogen) atoms. The highest BCUT2D eigenvalue weighted by atomic mass is 35.5. The third kappa shape index (κ3) is 4.00. The Morgan fingerprint density at radius 1 is 1.16 bits per heavy atom. The molecule has 0 aliphatic rings. The fourth-order valence-electron chi connectivity index (χ4n) is 2.16. The van der Waals surface area contributed by atoms with Gasteiger partial charge in [0.2, 0.25) is 11.7 Å². The van der Waals surface area contributed by atoms with Crippen LogP contribution in [0.2, 0.25) is 5.02 Å². The predicted octanol–water partition coefficient (Wildman–Crippen LogP) is 3.64. The Balaban J connectivity index is 1.59. The molecule has 1 N–H and O–H groups in total. The molecule has 0 unspecified atom stereocenters. The third-order valence-corrected chi connectivity index (χ3v) is 3.70. The number of hydrogen-bond donors (Lipinski definition) is 1. The fraction of sp³-hybridized carbons (Fsp3) is 0.118. The quantitative estimate of drug-likeness (QED) is 0.751. The molecule has 2 aromatic carbocycles. The van der Waals surface area contributed by atoms with Crippen LogP contribution in [0.1, 0.15) is 16.2 Å². The largest absolute Gasteiger partial charge is 0.351 e. The van der Waals surface area contributed by atoms with Gasteiger partial charge in [-0.2, -0.15) is 4.98 Å². The zero-order valence-corrected chi connectivity index (χ0v) is 13.6. The molecule has 1 amide bonds. The zero-order valence-electron chi connectivity index (χ0n) is 12.8. The molecule has 0 aliphatic heterocycles. The average Bonchev–Trinajstić information content (AvgIpc) is 3.04. The molecule has 0 bridgehead atoms. The lowest BCUT2D eigenvalue weighted by atomic mass is 10.2. The number of aromatic nitrogens is 2. The highest BCUT2D eigenvalue weighted by Gasteiger charge is 2.16. The first-order valence-electron chi connectivity index (χ1n) is 7.35. The second-order valence-electron chi connectivity index (χ2n) is 5.12. The van der Waals surface area contributed by atoms with E-state index in [9.17, 15) is 13.6 Å². The van der Waals surface area contributed by atoms with E-state index in [1.165, 1.54) is 36.4 Å². The minimum atomic E-state index is -0.693. The van der Waals surface area contributed by atoms with Crippen LogP contribution in [0.5, 0.6) is 0 Å². The summed E-state index contributed by atoms with van der Waals surface area (Å²) in [6.45, 7) is 0.161. The molecule has 0 aliphatic carbocycles. The molecule has 3 aromatic rings. The van der Waals surface area contributed by atoms with E-state index in [4.69, 9.17) is 16.1 Å². The van der Waals surface area contributed by atoms with Crippen molar-refractivity contribution in [3.63, 3.8) is 0 Å². The van der Waals surface area contributed by atoms with Crippen molar-refractivity contribution in [1.29, 1.82) is 0 Å². The molecule has 0 radical (unpaired) electrons. The first-order valence-corrected chi connectivity index (χ1v) is 7.73. The van der Waals surface area contributed by atoms with Crippen LogP contribution < -0.4 is 5.32 Å². The zero-order chi connectivity index (χ0) is 17.8. The number of nitrogens with one attached hydrogen (secondary N) is 1. The van der Waals surface area contributed by atoms with Crippen molar-refractivity contribution >= 4 is 17.5 Å². The van der Waals surface area contributed by atoms with Crippen LogP contribution in [0.4, 0.5) is 8.78 Å². The van der Waals surface area contributed by atoms with E-state index in [-0.39, 0.29) is 29.4 Å². The Bertz CT molecular complexity index is 877. The molecule has 0 fully saturated rings. The summed E-state index contributed by atoms with van der Waals surface area (Å²) < 4.78 is 31.6. The number of amides is 1. The summed E-state index contributed by atoms with van der Waals surface area (Å²) in [5, 5.41) is 6.38. The van der Waals surface area contributed by atoms with E-state index < -0.39 is 11.7 Å². The van der Waals surface area contributed by atoms with E-state index >= 15 is 0 Å². The maximum absolute atomic E-state index is 13.7. The van der Waals surface area contributed by atoms with Gasteiger partial charge in [0, 0.05) is 18.5 Å². The van der Waals surface area contributed by atoms with E-state index in [1.807, 2.05) is 0 Å². The molecule has 1 aromatic heterocycles. The van der Waals surface area contributed by atoms with Gasteiger partial charge < -0.3 is 9.84 Å². The number of nitrogens with zero attached hydrogens (tertiary/aromatic N) is 2. The smallest absolute Gasteiger partial charge is 0.255 e. The van der Waals surface area contributed by atoms with E-state index in [0.29, 0.717) is 17.3 Å². The molecule has 0 spiro atoms. The number of hydrogen-bond acceptors (Lipinski definition) is 4. The summed E-state index contributed by atoms with van der Waals surface area (Å²) in [5.74, 6) is -1.07. The SMILES string of the molecule is O=C(NCCc1nc(-c2ccc(F)cc2)no1)c1c(F)cccc1Cl. The topological polar surface area (TPSA) is 68.0 Å². The van der Waals surface area contributed by atoms with Crippen molar-refractivity contribution in [3.05, 3.63) is 70.6 Å². The number of carbonyl (C=O) groups excluding carboxylic acids is 1. The van der Waals surface area contributed by atoms with Crippen molar-refractivity contribution in [2.75, 3.05) is 6.54 Å². The van der Waals surface area contributed by atoms with Gasteiger partial charge in [0.1, 0.15) is 11.6 Å². The summed E-state index contributed by atoms with van der Waals surface area (Å²) >= 11 is 5.83. The predicted molar refractivity (Wildman–Crippen MR) is 87.1 cm³/mol. The van der Waals surface area contributed by atoms with Crippen LogP contribution in [-0.2, 0) is 6.42 Å². The number of carbonyl (C=O) groups is 1.